The molecule has 3 heteroatoms. The van der Waals surface area contributed by atoms with Crippen LogP contribution < -0.4 is 0 Å². The van der Waals surface area contributed by atoms with E-state index in [1.807, 2.05) is 12.1 Å². The van der Waals surface area contributed by atoms with Crippen molar-refractivity contribution in [3.05, 3.63) is 46.5 Å². The monoisotopic (exact) mass is 298 g/mol. The Hall–Kier alpha value is -1.71. The van der Waals surface area contributed by atoms with Gasteiger partial charge in [-0.1, -0.05) is 31.2 Å². The first kappa shape index (κ1) is 15.2. The molecule has 1 aliphatic carbocycles. The maximum atomic E-state index is 13.1. The Kier molecular flexibility index (Phi) is 3.79. The van der Waals surface area contributed by atoms with Crippen molar-refractivity contribution in [1.29, 1.82) is 0 Å². The van der Waals surface area contributed by atoms with Crippen LogP contribution in [-0.2, 0) is 21.3 Å². The summed E-state index contributed by atoms with van der Waals surface area (Å²) in [6.07, 6.45) is 0.960. The molecule has 22 heavy (non-hydrogen) atoms. The van der Waals surface area contributed by atoms with Crippen molar-refractivity contribution in [2.45, 2.75) is 25.7 Å². The van der Waals surface area contributed by atoms with E-state index < -0.39 is 5.41 Å². The number of benzene rings is 2. The van der Waals surface area contributed by atoms with Crippen molar-refractivity contribution in [3.8, 4) is 0 Å². The van der Waals surface area contributed by atoms with Crippen molar-refractivity contribution in [2.24, 2.45) is 0 Å². The van der Waals surface area contributed by atoms with E-state index in [0.717, 1.165) is 22.9 Å². The average Bonchev–Trinajstić information content (AvgIpc) is 2.73. The van der Waals surface area contributed by atoms with E-state index in [4.69, 9.17) is 9.47 Å². The molecule has 0 unspecified atom stereocenters. The van der Waals surface area contributed by atoms with Crippen LogP contribution in [0.4, 0.5) is 0 Å². The number of Topliss-reactive ketones (excluding diaryl/α,β-unsaturated/α-hetero) is 1. The third-order valence-electron chi connectivity index (χ3n) is 4.83. The second-order valence-corrected chi connectivity index (χ2v) is 6.08. The summed E-state index contributed by atoms with van der Waals surface area (Å²) in [5, 5.41) is 2.28. The van der Waals surface area contributed by atoms with E-state index >= 15 is 0 Å². The van der Waals surface area contributed by atoms with Crippen molar-refractivity contribution in [1.82, 2.24) is 0 Å². The van der Waals surface area contributed by atoms with Crippen LogP contribution in [0.1, 0.15) is 34.0 Å². The summed E-state index contributed by atoms with van der Waals surface area (Å²) in [6.45, 7) is 4.96. The maximum Gasteiger partial charge on any atom is 0.178 e. The number of carbonyl (C=O) groups excluding carboxylic acids is 1. The zero-order chi connectivity index (χ0) is 15.9. The van der Waals surface area contributed by atoms with E-state index in [0.29, 0.717) is 13.2 Å². The number of methoxy groups -OCH3 is 2. The molecule has 2 aromatic rings. The standard InChI is InChI=1S/C19H22O3/c1-5-13-12(2)9-16-17-14(13)7-6-8-15(17)18(20)19(16,10-21-3)11-22-4/h6-9H,5,10-11H2,1-4H3. The van der Waals surface area contributed by atoms with Crippen LogP contribution in [0.15, 0.2) is 24.3 Å². The third-order valence-corrected chi connectivity index (χ3v) is 4.83. The summed E-state index contributed by atoms with van der Waals surface area (Å²) in [5.74, 6) is 0.115. The van der Waals surface area contributed by atoms with Gasteiger partial charge in [0, 0.05) is 19.8 Å². The van der Waals surface area contributed by atoms with Gasteiger partial charge in [0.05, 0.1) is 13.2 Å². The van der Waals surface area contributed by atoms with Gasteiger partial charge in [0.1, 0.15) is 5.41 Å². The molecule has 2 aromatic carbocycles. The fourth-order valence-corrected chi connectivity index (χ4v) is 3.92. The predicted molar refractivity (Wildman–Crippen MR) is 87.8 cm³/mol. The molecular weight excluding hydrogens is 276 g/mol. The highest BCUT2D eigenvalue weighted by atomic mass is 16.5. The van der Waals surface area contributed by atoms with Gasteiger partial charge in [0.25, 0.3) is 0 Å². The SMILES string of the molecule is CCc1c(C)cc2c3c(cccc13)C(=O)C2(COC)COC. The number of hydrogen-bond acceptors (Lipinski definition) is 3. The molecule has 0 amide bonds. The Balaban J connectivity index is 2.40. The zero-order valence-electron chi connectivity index (χ0n) is 13.7. The Morgan fingerprint density at radius 1 is 1.14 bits per heavy atom. The number of rotatable bonds is 5. The molecule has 0 spiro atoms. The Morgan fingerprint density at radius 3 is 2.41 bits per heavy atom. The normalized spacial score (nSPS) is 15.7. The van der Waals surface area contributed by atoms with Crippen LogP contribution in [0.25, 0.3) is 10.8 Å². The molecule has 0 aromatic heterocycles. The Bertz CT molecular complexity index is 740. The van der Waals surface area contributed by atoms with Crippen LogP contribution in [0.3, 0.4) is 0 Å². The summed E-state index contributed by atoms with van der Waals surface area (Å²) < 4.78 is 10.8. The maximum absolute atomic E-state index is 13.1. The third kappa shape index (κ3) is 1.86. The first-order valence-electron chi connectivity index (χ1n) is 7.69. The minimum absolute atomic E-state index is 0.115. The highest BCUT2D eigenvalue weighted by molar-refractivity contribution is 6.21. The van der Waals surface area contributed by atoms with Gasteiger partial charge in [-0.05, 0) is 40.8 Å². The lowest BCUT2D eigenvalue weighted by Gasteiger charge is -2.28. The molecule has 3 rings (SSSR count). The first-order chi connectivity index (χ1) is 10.6. The minimum atomic E-state index is -0.720. The first-order valence-corrected chi connectivity index (χ1v) is 7.69. The lowest BCUT2D eigenvalue weighted by Crippen LogP contribution is -2.41. The van der Waals surface area contributed by atoms with E-state index in [2.05, 4.69) is 26.0 Å². The Morgan fingerprint density at radius 2 is 1.82 bits per heavy atom. The number of carbonyl (C=O) groups is 1. The smallest absolute Gasteiger partial charge is 0.178 e. The lowest BCUT2D eigenvalue weighted by atomic mass is 9.80. The zero-order valence-corrected chi connectivity index (χ0v) is 13.7. The highest BCUT2D eigenvalue weighted by Gasteiger charge is 2.48. The largest absolute Gasteiger partial charge is 0.383 e. The number of aryl methyl sites for hydroxylation is 2. The molecule has 0 heterocycles. The van der Waals surface area contributed by atoms with Gasteiger partial charge in [-0.3, -0.25) is 4.79 Å². The molecule has 0 aliphatic heterocycles. The van der Waals surface area contributed by atoms with Crippen LogP contribution in [0, 0.1) is 6.92 Å². The lowest BCUT2D eigenvalue weighted by molar-refractivity contribution is 0.0482. The van der Waals surface area contributed by atoms with E-state index in [-0.39, 0.29) is 5.78 Å². The molecule has 0 saturated carbocycles. The molecular formula is C19H22O3. The number of ether oxygens (including phenoxy) is 2. The Labute approximate surface area is 131 Å². The summed E-state index contributed by atoms with van der Waals surface area (Å²) in [4.78, 5) is 13.1. The predicted octanol–water partition coefficient (Wildman–Crippen LogP) is 3.44. The van der Waals surface area contributed by atoms with Crippen molar-refractivity contribution in [2.75, 3.05) is 27.4 Å². The summed E-state index contributed by atoms with van der Waals surface area (Å²) in [7, 11) is 3.27. The summed E-state index contributed by atoms with van der Waals surface area (Å²) >= 11 is 0. The van der Waals surface area contributed by atoms with Gasteiger partial charge in [0.15, 0.2) is 5.78 Å². The van der Waals surface area contributed by atoms with E-state index in [9.17, 15) is 4.79 Å². The number of ketones is 1. The second-order valence-electron chi connectivity index (χ2n) is 6.08. The van der Waals surface area contributed by atoms with E-state index in [1.165, 1.54) is 16.5 Å². The van der Waals surface area contributed by atoms with Crippen molar-refractivity contribution in [3.63, 3.8) is 0 Å². The number of hydrogen-bond donors (Lipinski definition) is 0. The van der Waals surface area contributed by atoms with Gasteiger partial charge < -0.3 is 9.47 Å². The second kappa shape index (κ2) is 5.49. The van der Waals surface area contributed by atoms with Gasteiger partial charge in [-0.25, -0.2) is 0 Å². The van der Waals surface area contributed by atoms with E-state index in [1.54, 1.807) is 14.2 Å². The highest BCUT2D eigenvalue weighted by Crippen LogP contribution is 2.45. The fourth-order valence-electron chi connectivity index (χ4n) is 3.92. The molecule has 0 N–H and O–H groups in total. The fraction of sp³-hybridized carbons (Fsp3) is 0.421. The molecule has 0 atom stereocenters. The van der Waals surface area contributed by atoms with Crippen LogP contribution in [0.5, 0.6) is 0 Å². The molecule has 1 aliphatic rings. The van der Waals surface area contributed by atoms with Gasteiger partial charge in [-0.2, -0.15) is 0 Å². The van der Waals surface area contributed by atoms with Crippen LogP contribution in [-0.4, -0.2) is 33.2 Å². The molecule has 0 saturated heterocycles. The topological polar surface area (TPSA) is 35.5 Å². The van der Waals surface area contributed by atoms with Crippen molar-refractivity contribution >= 4 is 16.6 Å². The molecule has 0 bridgehead atoms. The molecule has 0 fully saturated rings. The van der Waals surface area contributed by atoms with Gasteiger partial charge in [-0.15, -0.1) is 0 Å². The summed E-state index contributed by atoms with van der Waals surface area (Å²) in [6, 6.07) is 8.19. The van der Waals surface area contributed by atoms with Crippen LogP contribution >= 0.6 is 0 Å². The molecule has 116 valence electrons. The average molecular weight is 298 g/mol. The molecule has 0 radical (unpaired) electrons. The van der Waals surface area contributed by atoms with Crippen LogP contribution in [0.2, 0.25) is 0 Å². The molecule has 3 nitrogen and oxygen atoms in total. The van der Waals surface area contributed by atoms with Gasteiger partial charge >= 0.3 is 0 Å². The minimum Gasteiger partial charge on any atom is -0.383 e. The van der Waals surface area contributed by atoms with Crippen molar-refractivity contribution < 1.29 is 14.3 Å². The quantitative estimate of drug-likeness (QED) is 0.848. The summed E-state index contributed by atoms with van der Waals surface area (Å²) in [5.41, 5.74) is 3.69. The van der Waals surface area contributed by atoms with Gasteiger partial charge in [0.2, 0.25) is 0 Å².